The van der Waals surface area contributed by atoms with E-state index in [1.54, 1.807) is 17.0 Å². The van der Waals surface area contributed by atoms with Crippen molar-refractivity contribution in [2.24, 2.45) is 0 Å². The van der Waals surface area contributed by atoms with Crippen molar-refractivity contribution in [2.75, 3.05) is 31.2 Å². The molecule has 1 fully saturated rings. The van der Waals surface area contributed by atoms with E-state index < -0.39 is 4.92 Å². The van der Waals surface area contributed by atoms with E-state index in [0.717, 1.165) is 0 Å². The van der Waals surface area contributed by atoms with Crippen LogP contribution in [0.1, 0.15) is 10.4 Å². The van der Waals surface area contributed by atoms with Gasteiger partial charge in [-0.2, -0.15) is 0 Å². The number of rotatable bonds is 4. The van der Waals surface area contributed by atoms with Gasteiger partial charge < -0.3 is 14.7 Å². The first-order valence-electron chi connectivity index (χ1n) is 5.86. The van der Waals surface area contributed by atoms with Gasteiger partial charge in [-0.15, -0.1) is 0 Å². The Bertz CT molecular complexity index is 491. The topological polar surface area (TPSA) is 92.9 Å². The summed E-state index contributed by atoms with van der Waals surface area (Å²) in [6.07, 6.45) is 0.228. The van der Waals surface area contributed by atoms with Crippen molar-refractivity contribution in [3.63, 3.8) is 0 Å². The van der Waals surface area contributed by atoms with Crippen molar-refractivity contribution in [2.45, 2.75) is 6.10 Å². The molecule has 1 unspecified atom stereocenters. The van der Waals surface area contributed by atoms with Crippen molar-refractivity contribution in [3.8, 4) is 0 Å². The number of ether oxygens (including phenoxy) is 1. The lowest BCUT2D eigenvalue weighted by molar-refractivity contribution is -0.384. The minimum absolute atomic E-state index is 0.108. The molecule has 1 heterocycles. The molecule has 0 saturated carbocycles. The molecule has 7 nitrogen and oxygen atoms in total. The fraction of sp³-hybridized carbons (Fsp3) is 0.417. The maximum absolute atomic E-state index is 11.1. The van der Waals surface area contributed by atoms with E-state index in [-0.39, 0.29) is 24.0 Å². The summed E-state index contributed by atoms with van der Waals surface area (Å²) < 4.78 is 5.31. The number of nitro groups is 1. The molecule has 0 aromatic heterocycles. The summed E-state index contributed by atoms with van der Waals surface area (Å²) in [6, 6.07) is 4.35. The van der Waals surface area contributed by atoms with Gasteiger partial charge in [-0.1, -0.05) is 0 Å². The number of carbonyl (C=O) groups is 1. The number of hydrogen-bond acceptors (Lipinski definition) is 6. The van der Waals surface area contributed by atoms with Crippen LogP contribution in [0.5, 0.6) is 0 Å². The zero-order valence-corrected chi connectivity index (χ0v) is 10.2. The van der Waals surface area contributed by atoms with Crippen LogP contribution < -0.4 is 4.90 Å². The van der Waals surface area contributed by atoms with Gasteiger partial charge in [0.05, 0.1) is 24.2 Å². The average Bonchev–Trinajstić information content (AvgIpc) is 2.46. The highest BCUT2D eigenvalue weighted by molar-refractivity contribution is 5.79. The van der Waals surface area contributed by atoms with Gasteiger partial charge in [-0.3, -0.25) is 14.9 Å². The van der Waals surface area contributed by atoms with Crippen LogP contribution in [0.2, 0.25) is 0 Å². The van der Waals surface area contributed by atoms with Crippen molar-refractivity contribution < 1.29 is 19.6 Å². The van der Waals surface area contributed by atoms with E-state index in [1.807, 2.05) is 0 Å². The van der Waals surface area contributed by atoms with Gasteiger partial charge in [0.1, 0.15) is 12.0 Å². The molecule has 1 N–H and O–H groups in total. The molecule has 0 radical (unpaired) electrons. The molecule has 0 bridgehead atoms. The molecule has 1 aliphatic heterocycles. The smallest absolute Gasteiger partial charge is 0.293 e. The Labute approximate surface area is 109 Å². The third kappa shape index (κ3) is 2.88. The number of nitro benzene ring substituents is 1. The molecule has 1 atom stereocenters. The van der Waals surface area contributed by atoms with Gasteiger partial charge in [-0.25, -0.2) is 0 Å². The lowest BCUT2D eigenvalue weighted by Gasteiger charge is -2.33. The lowest BCUT2D eigenvalue weighted by Crippen LogP contribution is -2.44. The zero-order valence-electron chi connectivity index (χ0n) is 10.2. The van der Waals surface area contributed by atoms with Crippen LogP contribution in [0.4, 0.5) is 11.4 Å². The van der Waals surface area contributed by atoms with E-state index in [4.69, 9.17) is 9.84 Å². The summed E-state index contributed by atoms with van der Waals surface area (Å²) in [5.41, 5.74) is 0.600. The molecule has 1 aromatic carbocycles. The number of anilines is 1. The standard InChI is InChI=1S/C12H14N2O5/c15-7-9-1-2-11(12(5-9)14(17)18)13-3-4-19-10(6-13)8-16/h1-2,5,7,10,16H,3-4,6,8H2. The van der Waals surface area contributed by atoms with Gasteiger partial charge >= 0.3 is 0 Å². The minimum Gasteiger partial charge on any atom is -0.394 e. The summed E-state index contributed by atoms with van der Waals surface area (Å²) in [5.74, 6) is 0. The SMILES string of the molecule is O=Cc1ccc(N2CCOC(CO)C2)c([N+](=O)[O-])c1. The maximum Gasteiger partial charge on any atom is 0.293 e. The summed E-state index contributed by atoms with van der Waals surface area (Å²) in [5, 5.41) is 20.2. The van der Waals surface area contributed by atoms with E-state index in [0.29, 0.717) is 31.7 Å². The Morgan fingerprint density at radius 3 is 3.00 bits per heavy atom. The summed E-state index contributed by atoms with van der Waals surface area (Å²) in [6.45, 7) is 1.17. The first-order valence-corrected chi connectivity index (χ1v) is 5.86. The number of aldehydes is 1. The normalized spacial score (nSPS) is 19.2. The summed E-state index contributed by atoms with van der Waals surface area (Å²) in [4.78, 5) is 23.0. The van der Waals surface area contributed by atoms with Gasteiger partial charge in [0, 0.05) is 24.7 Å². The molecule has 0 aliphatic carbocycles. The first-order chi connectivity index (χ1) is 9.15. The number of nitrogens with zero attached hydrogens (tertiary/aromatic N) is 2. The molecule has 1 saturated heterocycles. The Morgan fingerprint density at radius 2 is 2.37 bits per heavy atom. The van der Waals surface area contributed by atoms with Crippen molar-refractivity contribution in [1.82, 2.24) is 0 Å². The highest BCUT2D eigenvalue weighted by Gasteiger charge is 2.25. The van der Waals surface area contributed by atoms with Crippen LogP contribution in [0.3, 0.4) is 0 Å². The average molecular weight is 266 g/mol. The molecule has 1 aliphatic rings. The predicted octanol–water partition coefficient (Wildman–Crippen LogP) is 0.605. The van der Waals surface area contributed by atoms with Crippen LogP contribution in [-0.2, 0) is 4.74 Å². The third-order valence-corrected chi connectivity index (χ3v) is 3.02. The van der Waals surface area contributed by atoms with Crippen LogP contribution in [0, 0.1) is 10.1 Å². The van der Waals surface area contributed by atoms with Crippen molar-refractivity contribution >= 4 is 17.7 Å². The first kappa shape index (κ1) is 13.4. The largest absolute Gasteiger partial charge is 0.394 e. The number of aliphatic hydroxyl groups excluding tert-OH is 1. The fourth-order valence-corrected chi connectivity index (χ4v) is 2.08. The highest BCUT2D eigenvalue weighted by atomic mass is 16.6. The van der Waals surface area contributed by atoms with E-state index in [9.17, 15) is 14.9 Å². The van der Waals surface area contributed by atoms with Gasteiger partial charge in [0.25, 0.3) is 5.69 Å². The van der Waals surface area contributed by atoms with Gasteiger partial charge in [-0.05, 0) is 12.1 Å². The fourth-order valence-electron chi connectivity index (χ4n) is 2.08. The monoisotopic (exact) mass is 266 g/mol. The predicted molar refractivity (Wildman–Crippen MR) is 67.5 cm³/mol. The maximum atomic E-state index is 11.1. The van der Waals surface area contributed by atoms with Gasteiger partial charge in [0.15, 0.2) is 0 Å². The minimum atomic E-state index is -0.508. The van der Waals surface area contributed by atoms with E-state index in [1.165, 1.54) is 6.07 Å². The number of benzene rings is 1. The van der Waals surface area contributed by atoms with Crippen LogP contribution in [0.15, 0.2) is 18.2 Å². The van der Waals surface area contributed by atoms with Crippen molar-refractivity contribution in [3.05, 3.63) is 33.9 Å². The van der Waals surface area contributed by atoms with Crippen molar-refractivity contribution in [1.29, 1.82) is 0 Å². The number of aliphatic hydroxyl groups is 1. The van der Waals surface area contributed by atoms with E-state index in [2.05, 4.69) is 0 Å². The molecule has 2 rings (SSSR count). The second-order valence-electron chi connectivity index (χ2n) is 4.24. The summed E-state index contributed by atoms with van der Waals surface area (Å²) >= 11 is 0. The Hall–Kier alpha value is -1.99. The zero-order chi connectivity index (χ0) is 13.8. The van der Waals surface area contributed by atoms with E-state index >= 15 is 0 Å². The molecule has 19 heavy (non-hydrogen) atoms. The molecular weight excluding hydrogens is 252 g/mol. The number of hydrogen-bond donors (Lipinski definition) is 1. The number of carbonyl (C=O) groups excluding carboxylic acids is 1. The summed E-state index contributed by atoms with van der Waals surface area (Å²) in [7, 11) is 0. The second-order valence-corrected chi connectivity index (χ2v) is 4.24. The molecule has 102 valence electrons. The highest BCUT2D eigenvalue weighted by Crippen LogP contribution is 2.30. The Balaban J connectivity index is 2.32. The molecule has 7 heteroatoms. The quantitative estimate of drug-likeness (QED) is 0.487. The lowest BCUT2D eigenvalue weighted by atomic mass is 10.1. The molecule has 0 amide bonds. The Kier molecular flexibility index (Phi) is 4.08. The number of morpholine rings is 1. The third-order valence-electron chi connectivity index (χ3n) is 3.02. The van der Waals surface area contributed by atoms with Crippen LogP contribution >= 0.6 is 0 Å². The van der Waals surface area contributed by atoms with Crippen LogP contribution in [0.25, 0.3) is 0 Å². The van der Waals surface area contributed by atoms with Crippen LogP contribution in [-0.4, -0.2) is 48.7 Å². The molecule has 1 aromatic rings. The second kappa shape index (κ2) is 5.77. The molecule has 0 spiro atoms. The molecular formula is C12H14N2O5. The Morgan fingerprint density at radius 1 is 1.58 bits per heavy atom. The van der Waals surface area contributed by atoms with Gasteiger partial charge in [0.2, 0.25) is 0 Å².